The molecule has 3 nitrogen and oxygen atoms in total. The van der Waals surface area contributed by atoms with Crippen molar-refractivity contribution < 1.29 is 5.11 Å². The molecule has 0 amide bonds. The van der Waals surface area contributed by atoms with Gasteiger partial charge in [0, 0.05) is 19.1 Å². The third kappa shape index (κ3) is 6.60. The van der Waals surface area contributed by atoms with Gasteiger partial charge in [0.25, 0.3) is 0 Å². The molecule has 2 N–H and O–H groups in total. The number of rotatable bonds is 11. The van der Waals surface area contributed by atoms with Crippen molar-refractivity contribution in [1.82, 2.24) is 10.2 Å². The Bertz CT molecular complexity index is 355. The molecule has 1 aromatic rings. The van der Waals surface area contributed by atoms with Crippen LogP contribution in [0.3, 0.4) is 0 Å². The number of aliphatic hydroxyl groups excluding tert-OH is 1. The van der Waals surface area contributed by atoms with Gasteiger partial charge in [0.1, 0.15) is 0 Å². The maximum atomic E-state index is 9.25. The Labute approximate surface area is 130 Å². The van der Waals surface area contributed by atoms with Crippen molar-refractivity contribution in [3.63, 3.8) is 0 Å². The largest absolute Gasteiger partial charge is 0.395 e. The second-order valence-corrected chi connectivity index (χ2v) is 5.80. The van der Waals surface area contributed by atoms with Crippen LogP contribution in [0.4, 0.5) is 0 Å². The molecule has 0 spiro atoms. The lowest BCUT2D eigenvalue weighted by molar-refractivity contribution is 0.164. The minimum absolute atomic E-state index is 0.244. The monoisotopic (exact) mass is 292 g/mol. The van der Waals surface area contributed by atoms with E-state index < -0.39 is 0 Å². The van der Waals surface area contributed by atoms with Gasteiger partial charge in [0.2, 0.25) is 0 Å². The first-order valence-electron chi connectivity index (χ1n) is 8.34. The molecule has 0 saturated carbocycles. The van der Waals surface area contributed by atoms with Gasteiger partial charge in [-0.05, 0) is 31.0 Å². The number of nitrogens with one attached hydrogen (secondary N) is 1. The van der Waals surface area contributed by atoms with E-state index >= 15 is 0 Å². The van der Waals surface area contributed by atoms with Gasteiger partial charge < -0.3 is 15.3 Å². The maximum Gasteiger partial charge on any atom is 0.0558 e. The Morgan fingerprint density at radius 2 is 1.86 bits per heavy atom. The number of hydrogen-bond donors (Lipinski definition) is 2. The predicted octanol–water partition coefficient (Wildman–Crippen LogP) is 3.07. The second-order valence-electron chi connectivity index (χ2n) is 5.80. The van der Waals surface area contributed by atoms with E-state index in [9.17, 15) is 5.11 Å². The standard InChI is InChI=1S/C18H32N2O/c1-4-6-12-20(13-14-21)15-16(3)18(19-5-2)17-10-8-7-9-11-17/h7-11,16,18-19,21H,4-6,12-15H2,1-3H3. The topological polar surface area (TPSA) is 35.5 Å². The van der Waals surface area contributed by atoms with Gasteiger partial charge in [0.15, 0.2) is 0 Å². The molecule has 1 rings (SSSR count). The molecule has 2 atom stereocenters. The SMILES string of the molecule is CCCCN(CCO)CC(C)C(NCC)c1ccccc1. The van der Waals surface area contributed by atoms with Gasteiger partial charge in [-0.2, -0.15) is 0 Å². The average molecular weight is 292 g/mol. The second kappa shape index (κ2) is 10.8. The summed E-state index contributed by atoms with van der Waals surface area (Å²) in [5, 5.41) is 12.9. The van der Waals surface area contributed by atoms with E-state index in [0.717, 1.165) is 26.2 Å². The van der Waals surface area contributed by atoms with E-state index in [1.54, 1.807) is 0 Å². The van der Waals surface area contributed by atoms with Crippen molar-refractivity contribution in [2.45, 2.75) is 39.7 Å². The van der Waals surface area contributed by atoms with Crippen LogP contribution in [0.2, 0.25) is 0 Å². The van der Waals surface area contributed by atoms with E-state index in [2.05, 4.69) is 61.3 Å². The summed E-state index contributed by atoms with van der Waals surface area (Å²) in [6, 6.07) is 11.1. The van der Waals surface area contributed by atoms with Crippen LogP contribution >= 0.6 is 0 Å². The number of hydrogen-bond acceptors (Lipinski definition) is 3. The first kappa shape index (κ1) is 18.1. The summed E-state index contributed by atoms with van der Waals surface area (Å²) >= 11 is 0. The predicted molar refractivity (Wildman–Crippen MR) is 90.5 cm³/mol. The summed E-state index contributed by atoms with van der Waals surface area (Å²) in [6.07, 6.45) is 2.40. The minimum Gasteiger partial charge on any atom is -0.395 e. The number of benzene rings is 1. The lowest BCUT2D eigenvalue weighted by Crippen LogP contribution is -2.37. The molecule has 0 saturated heterocycles. The normalized spacial score (nSPS) is 14.3. The lowest BCUT2D eigenvalue weighted by Gasteiger charge is -2.31. The van der Waals surface area contributed by atoms with Crippen LogP contribution in [0.15, 0.2) is 30.3 Å². The summed E-state index contributed by atoms with van der Waals surface area (Å²) in [4.78, 5) is 2.39. The molecular formula is C18H32N2O. The summed E-state index contributed by atoms with van der Waals surface area (Å²) in [7, 11) is 0. The van der Waals surface area contributed by atoms with Gasteiger partial charge >= 0.3 is 0 Å². The molecule has 0 aromatic heterocycles. The molecule has 0 bridgehead atoms. The molecule has 0 radical (unpaired) electrons. The van der Waals surface area contributed by atoms with Gasteiger partial charge in [0.05, 0.1) is 6.61 Å². The fourth-order valence-corrected chi connectivity index (χ4v) is 2.86. The Balaban J connectivity index is 2.68. The number of nitrogens with zero attached hydrogens (tertiary/aromatic N) is 1. The first-order valence-corrected chi connectivity index (χ1v) is 8.34. The third-order valence-corrected chi connectivity index (χ3v) is 3.94. The Hall–Kier alpha value is -0.900. The van der Waals surface area contributed by atoms with Gasteiger partial charge in [-0.25, -0.2) is 0 Å². The highest BCUT2D eigenvalue weighted by atomic mass is 16.3. The third-order valence-electron chi connectivity index (χ3n) is 3.94. The van der Waals surface area contributed by atoms with Crippen molar-refractivity contribution >= 4 is 0 Å². The number of unbranched alkanes of at least 4 members (excludes halogenated alkanes) is 1. The van der Waals surface area contributed by atoms with Crippen LogP contribution < -0.4 is 5.32 Å². The quantitative estimate of drug-likeness (QED) is 0.658. The molecular weight excluding hydrogens is 260 g/mol. The maximum absolute atomic E-state index is 9.25. The highest BCUT2D eigenvalue weighted by molar-refractivity contribution is 5.19. The molecule has 3 heteroatoms. The molecule has 0 fully saturated rings. The molecule has 0 aliphatic rings. The average Bonchev–Trinajstić information content (AvgIpc) is 2.51. The summed E-state index contributed by atoms with van der Waals surface area (Å²) in [6.45, 7) is 10.8. The zero-order valence-corrected chi connectivity index (χ0v) is 13.9. The Kier molecular flexibility index (Phi) is 9.31. The summed E-state index contributed by atoms with van der Waals surface area (Å²) in [5.41, 5.74) is 1.35. The van der Waals surface area contributed by atoms with E-state index in [0.29, 0.717) is 12.0 Å². The smallest absolute Gasteiger partial charge is 0.0558 e. The molecule has 2 unspecified atom stereocenters. The van der Waals surface area contributed by atoms with E-state index in [-0.39, 0.29) is 6.61 Å². The van der Waals surface area contributed by atoms with Crippen LogP contribution in [0, 0.1) is 5.92 Å². The fourth-order valence-electron chi connectivity index (χ4n) is 2.86. The minimum atomic E-state index is 0.244. The van der Waals surface area contributed by atoms with Crippen LogP contribution in [0.1, 0.15) is 45.2 Å². The zero-order valence-electron chi connectivity index (χ0n) is 13.9. The van der Waals surface area contributed by atoms with Crippen molar-refractivity contribution in [2.75, 3.05) is 32.8 Å². The van der Waals surface area contributed by atoms with Crippen LogP contribution in [0.5, 0.6) is 0 Å². The molecule has 0 aliphatic heterocycles. The first-order chi connectivity index (χ1) is 10.2. The van der Waals surface area contributed by atoms with Crippen molar-refractivity contribution in [2.24, 2.45) is 5.92 Å². The van der Waals surface area contributed by atoms with E-state index in [1.165, 1.54) is 18.4 Å². The van der Waals surface area contributed by atoms with Crippen molar-refractivity contribution in [1.29, 1.82) is 0 Å². The van der Waals surface area contributed by atoms with E-state index in [4.69, 9.17) is 0 Å². The highest BCUT2D eigenvalue weighted by Gasteiger charge is 2.20. The van der Waals surface area contributed by atoms with Crippen LogP contribution in [-0.2, 0) is 0 Å². The van der Waals surface area contributed by atoms with Crippen molar-refractivity contribution in [3.05, 3.63) is 35.9 Å². The van der Waals surface area contributed by atoms with Crippen LogP contribution in [-0.4, -0.2) is 42.8 Å². The van der Waals surface area contributed by atoms with E-state index in [1.807, 2.05) is 0 Å². The number of aliphatic hydroxyl groups is 1. The van der Waals surface area contributed by atoms with Gasteiger partial charge in [-0.1, -0.05) is 57.5 Å². The highest BCUT2D eigenvalue weighted by Crippen LogP contribution is 2.22. The Morgan fingerprint density at radius 3 is 2.43 bits per heavy atom. The Morgan fingerprint density at radius 1 is 1.14 bits per heavy atom. The van der Waals surface area contributed by atoms with Gasteiger partial charge in [-0.3, -0.25) is 0 Å². The zero-order chi connectivity index (χ0) is 15.5. The van der Waals surface area contributed by atoms with Crippen molar-refractivity contribution in [3.8, 4) is 0 Å². The molecule has 0 heterocycles. The van der Waals surface area contributed by atoms with Crippen LogP contribution in [0.25, 0.3) is 0 Å². The summed E-state index contributed by atoms with van der Waals surface area (Å²) in [5.74, 6) is 0.510. The molecule has 21 heavy (non-hydrogen) atoms. The molecule has 120 valence electrons. The molecule has 1 aromatic carbocycles. The molecule has 0 aliphatic carbocycles. The summed E-state index contributed by atoms with van der Waals surface area (Å²) < 4.78 is 0. The lowest BCUT2D eigenvalue weighted by atomic mass is 9.93. The fraction of sp³-hybridized carbons (Fsp3) is 0.667. The van der Waals surface area contributed by atoms with Gasteiger partial charge in [-0.15, -0.1) is 0 Å².